The van der Waals surface area contributed by atoms with E-state index >= 15 is 0 Å². The molecule has 0 N–H and O–H groups in total. The number of hydrogen-bond acceptors (Lipinski definition) is 11. The first-order chi connectivity index (χ1) is 24.1. The summed E-state index contributed by atoms with van der Waals surface area (Å²) in [5.74, 6) is -1.53. The minimum absolute atomic E-state index is 0.0499. The van der Waals surface area contributed by atoms with Gasteiger partial charge in [-0.05, 0) is 53.9 Å². The van der Waals surface area contributed by atoms with Gasteiger partial charge in [-0.3, -0.25) is 14.5 Å². The van der Waals surface area contributed by atoms with Crippen molar-refractivity contribution >= 4 is 18.0 Å². The average molecular weight is 691 g/mol. The van der Waals surface area contributed by atoms with E-state index in [0.717, 1.165) is 25.0 Å². The van der Waals surface area contributed by atoms with Gasteiger partial charge in [0, 0.05) is 35.1 Å². The zero-order valence-electron chi connectivity index (χ0n) is 27.7. The topological polar surface area (TPSA) is 247 Å². The fourth-order valence-electron chi connectivity index (χ4n) is 6.10. The molecule has 0 aromatic heterocycles. The molecule has 0 radical (unpaired) electrons. The van der Waals surface area contributed by atoms with E-state index in [9.17, 15) is 31.0 Å². The van der Waals surface area contributed by atoms with Crippen molar-refractivity contribution in [1.29, 1.82) is 0 Å². The van der Waals surface area contributed by atoms with Crippen LogP contribution in [-0.4, -0.2) is 77.8 Å². The number of azide groups is 3. The highest BCUT2D eigenvalue weighted by Crippen LogP contribution is 2.36. The average Bonchev–Trinajstić information content (AvgIpc) is 3.10. The third-order valence-corrected chi connectivity index (χ3v) is 8.42. The maximum Gasteiger partial charge on any atom is 0.410 e. The van der Waals surface area contributed by atoms with Crippen molar-refractivity contribution in [3.63, 3.8) is 0 Å². The molecule has 2 fully saturated rings. The van der Waals surface area contributed by atoms with Gasteiger partial charge in [-0.25, -0.2) is 4.79 Å². The maximum absolute atomic E-state index is 13.6. The summed E-state index contributed by atoms with van der Waals surface area (Å²) in [6.07, 6.45) is -6.07. The van der Waals surface area contributed by atoms with Gasteiger partial charge in [0.25, 0.3) is 0 Å². The van der Waals surface area contributed by atoms with Crippen molar-refractivity contribution in [3.8, 4) is 0 Å². The monoisotopic (exact) mass is 690 g/mol. The summed E-state index contributed by atoms with van der Waals surface area (Å²) in [6, 6.07) is 14.9. The van der Waals surface area contributed by atoms with Crippen LogP contribution in [0.25, 0.3) is 31.3 Å². The first kappa shape index (κ1) is 37.3. The van der Waals surface area contributed by atoms with Crippen LogP contribution in [0.1, 0.15) is 51.2 Å². The Labute approximate surface area is 287 Å². The summed E-state index contributed by atoms with van der Waals surface area (Å²) in [7, 11) is 0. The largest absolute Gasteiger partial charge is 0.458 e. The lowest BCUT2D eigenvalue weighted by Crippen LogP contribution is -2.60. The molecular formula is C32H38N10O8. The van der Waals surface area contributed by atoms with Gasteiger partial charge in [0.15, 0.2) is 12.4 Å². The molecule has 1 aliphatic heterocycles. The van der Waals surface area contributed by atoms with E-state index in [1.807, 2.05) is 60.7 Å². The van der Waals surface area contributed by atoms with E-state index in [2.05, 4.69) is 30.1 Å². The molecule has 2 unspecified atom stereocenters. The molecule has 9 atom stereocenters. The molecule has 1 heterocycles. The van der Waals surface area contributed by atoms with Gasteiger partial charge in [0.2, 0.25) is 0 Å². The minimum Gasteiger partial charge on any atom is -0.458 e. The zero-order chi connectivity index (χ0) is 36.0. The number of benzene rings is 2. The van der Waals surface area contributed by atoms with E-state index in [1.165, 1.54) is 0 Å². The highest BCUT2D eigenvalue weighted by Gasteiger charge is 2.51. The standard InChI is InChI=1S/C32H38N10O8/c1-19(42(17-22-10-6-4-7-11-22)32(45)46-18-23-12-8-5-9-13-23)27-15-14-24(36-39-33)31(49-27)50-29-26(38-41-35)16-25(37-40-34)28(47-20(2)43)30(29)48-21(3)44/h4-13,19,24-31H,14-18H2,1-3H3/t19?,24?,25-,26+,27+,28+,29-,30-,31-/m1/s1. The second-order valence-electron chi connectivity index (χ2n) is 11.8. The summed E-state index contributed by atoms with van der Waals surface area (Å²) >= 11 is 0. The smallest absolute Gasteiger partial charge is 0.410 e. The van der Waals surface area contributed by atoms with Crippen LogP contribution in [0.15, 0.2) is 76.0 Å². The molecule has 18 heteroatoms. The summed E-state index contributed by atoms with van der Waals surface area (Å²) < 4.78 is 29.5. The molecule has 0 spiro atoms. The molecule has 1 amide bonds. The second kappa shape index (κ2) is 18.3. The number of esters is 2. The van der Waals surface area contributed by atoms with Crippen molar-refractivity contribution < 1.29 is 38.1 Å². The van der Waals surface area contributed by atoms with Crippen molar-refractivity contribution in [1.82, 2.24) is 4.90 Å². The molecule has 2 aromatic carbocycles. The lowest BCUT2D eigenvalue weighted by atomic mass is 9.84. The molecular weight excluding hydrogens is 652 g/mol. The molecule has 0 bridgehead atoms. The fraction of sp³-hybridized carbons (Fsp3) is 0.531. The van der Waals surface area contributed by atoms with E-state index in [1.54, 1.807) is 11.8 Å². The van der Waals surface area contributed by atoms with Crippen LogP contribution in [0.2, 0.25) is 0 Å². The van der Waals surface area contributed by atoms with Gasteiger partial charge in [-0.2, -0.15) is 0 Å². The Kier molecular flexibility index (Phi) is 13.7. The van der Waals surface area contributed by atoms with Gasteiger partial charge in [-0.1, -0.05) is 76.0 Å². The van der Waals surface area contributed by atoms with E-state index < -0.39 is 72.9 Å². The molecule has 50 heavy (non-hydrogen) atoms. The van der Waals surface area contributed by atoms with Crippen LogP contribution in [0, 0.1) is 0 Å². The Hall–Kier alpha value is -5.50. The highest BCUT2D eigenvalue weighted by molar-refractivity contribution is 5.68. The highest BCUT2D eigenvalue weighted by atomic mass is 16.7. The molecule has 1 aliphatic carbocycles. The third-order valence-electron chi connectivity index (χ3n) is 8.42. The van der Waals surface area contributed by atoms with Gasteiger partial charge < -0.3 is 23.7 Å². The van der Waals surface area contributed by atoms with Gasteiger partial charge in [0.1, 0.15) is 18.8 Å². The predicted molar refractivity (Wildman–Crippen MR) is 175 cm³/mol. The lowest BCUT2D eigenvalue weighted by Gasteiger charge is -2.46. The van der Waals surface area contributed by atoms with Crippen molar-refractivity contribution in [2.45, 2.75) is 108 Å². The van der Waals surface area contributed by atoms with E-state index in [-0.39, 0.29) is 26.0 Å². The Bertz CT molecular complexity index is 1620. The maximum atomic E-state index is 13.6. The summed E-state index contributed by atoms with van der Waals surface area (Å²) in [6.45, 7) is 4.30. The number of carbonyl (C=O) groups is 3. The fourth-order valence-corrected chi connectivity index (χ4v) is 6.10. The Morgan fingerprint density at radius 2 is 1.34 bits per heavy atom. The Morgan fingerprint density at radius 1 is 0.800 bits per heavy atom. The first-order valence-corrected chi connectivity index (χ1v) is 15.9. The normalized spacial score (nSPS) is 26.4. The number of nitrogens with zero attached hydrogens (tertiary/aromatic N) is 10. The van der Waals surface area contributed by atoms with Gasteiger partial charge in [-0.15, -0.1) is 0 Å². The van der Waals surface area contributed by atoms with E-state index in [4.69, 9.17) is 23.7 Å². The van der Waals surface area contributed by atoms with Crippen LogP contribution in [0.5, 0.6) is 0 Å². The minimum atomic E-state index is -1.41. The molecule has 2 aromatic rings. The van der Waals surface area contributed by atoms with Crippen LogP contribution in [-0.2, 0) is 46.4 Å². The van der Waals surface area contributed by atoms with Crippen LogP contribution < -0.4 is 0 Å². The van der Waals surface area contributed by atoms with Crippen LogP contribution in [0.4, 0.5) is 4.79 Å². The summed E-state index contributed by atoms with van der Waals surface area (Å²) in [5, 5.41) is 11.4. The second-order valence-corrected chi connectivity index (χ2v) is 11.8. The van der Waals surface area contributed by atoms with Crippen molar-refractivity contribution in [2.24, 2.45) is 15.3 Å². The van der Waals surface area contributed by atoms with Crippen molar-refractivity contribution in [3.05, 3.63) is 103 Å². The molecule has 264 valence electrons. The number of ether oxygens (including phenoxy) is 5. The van der Waals surface area contributed by atoms with Crippen molar-refractivity contribution in [2.75, 3.05) is 0 Å². The number of carbonyl (C=O) groups excluding carboxylic acids is 3. The Balaban J connectivity index is 1.64. The summed E-state index contributed by atoms with van der Waals surface area (Å²) in [5.41, 5.74) is 29.6. The third kappa shape index (κ3) is 10.0. The Morgan fingerprint density at radius 3 is 1.92 bits per heavy atom. The zero-order valence-corrected chi connectivity index (χ0v) is 27.7. The molecule has 18 nitrogen and oxygen atoms in total. The lowest BCUT2D eigenvalue weighted by molar-refractivity contribution is -0.263. The van der Waals surface area contributed by atoms with E-state index in [0.29, 0.717) is 6.42 Å². The quantitative estimate of drug-likeness (QED) is 0.0745. The van der Waals surface area contributed by atoms with Gasteiger partial charge >= 0.3 is 18.0 Å². The summed E-state index contributed by atoms with van der Waals surface area (Å²) in [4.78, 5) is 48.2. The number of amides is 1. The van der Waals surface area contributed by atoms with Crippen LogP contribution >= 0.6 is 0 Å². The van der Waals surface area contributed by atoms with Crippen LogP contribution in [0.3, 0.4) is 0 Å². The molecule has 4 rings (SSSR count). The SMILES string of the molecule is CC(=O)O[C@@H]1[C@@H](OC(C)=O)[C@H](N=[N+]=[N-])C[C@H](N=[N+]=[N-])[C@H]1O[C@H]1O[C@H](C(C)N(Cc2ccccc2)C(=O)OCc2ccccc2)CCC1N=[N+]=[N-]. The number of hydrogen-bond donors (Lipinski definition) is 0. The number of rotatable bonds is 13. The molecule has 2 aliphatic rings. The molecule has 1 saturated heterocycles. The van der Waals surface area contributed by atoms with Gasteiger partial charge in [0.05, 0.1) is 30.3 Å². The predicted octanol–water partition coefficient (Wildman–Crippen LogP) is 6.41. The molecule has 1 saturated carbocycles. The first-order valence-electron chi connectivity index (χ1n) is 15.9.